The van der Waals surface area contributed by atoms with E-state index in [1.165, 1.54) is 36.1 Å². The number of carbonyl (C=O) groups excluding carboxylic acids is 1. The molecule has 0 spiro atoms. The molecule has 0 aliphatic carbocycles. The first-order chi connectivity index (χ1) is 14.2. The predicted molar refractivity (Wildman–Crippen MR) is 119 cm³/mol. The number of carbonyl (C=O) groups is 1. The SMILES string of the molecule is Cc1cccc(N2CCN(C(=O)CN3CCC(Cc4ccccc4)CC3)CC2)c1. The van der Waals surface area contributed by atoms with Gasteiger partial charge in [-0.25, -0.2) is 0 Å². The number of benzene rings is 2. The number of hydrogen-bond donors (Lipinski definition) is 0. The molecule has 2 fully saturated rings. The summed E-state index contributed by atoms with van der Waals surface area (Å²) in [5.74, 6) is 1.05. The number of amides is 1. The average molecular weight is 392 g/mol. The lowest BCUT2D eigenvalue weighted by atomic mass is 9.90. The number of aryl methyl sites for hydroxylation is 1. The van der Waals surface area contributed by atoms with E-state index in [-0.39, 0.29) is 0 Å². The lowest BCUT2D eigenvalue weighted by molar-refractivity contribution is -0.133. The highest BCUT2D eigenvalue weighted by Crippen LogP contribution is 2.22. The maximum Gasteiger partial charge on any atom is 0.236 e. The summed E-state index contributed by atoms with van der Waals surface area (Å²) in [6.07, 6.45) is 3.57. The van der Waals surface area contributed by atoms with E-state index in [1.54, 1.807) is 0 Å². The topological polar surface area (TPSA) is 26.8 Å². The van der Waals surface area contributed by atoms with Gasteiger partial charge in [0.25, 0.3) is 0 Å². The summed E-state index contributed by atoms with van der Waals surface area (Å²) in [6.45, 7) is 8.32. The minimum Gasteiger partial charge on any atom is -0.368 e. The van der Waals surface area contributed by atoms with Crippen LogP contribution in [0.3, 0.4) is 0 Å². The van der Waals surface area contributed by atoms with Crippen LogP contribution in [0.5, 0.6) is 0 Å². The molecule has 0 saturated carbocycles. The first kappa shape index (κ1) is 20.0. The zero-order valence-electron chi connectivity index (χ0n) is 17.6. The number of hydrogen-bond acceptors (Lipinski definition) is 3. The summed E-state index contributed by atoms with van der Waals surface area (Å²) < 4.78 is 0. The normalized spacial score (nSPS) is 18.8. The summed E-state index contributed by atoms with van der Waals surface area (Å²) in [4.78, 5) is 19.6. The molecule has 29 heavy (non-hydrogen) atoms. The lowest BCUT2D eigenvalue weighted by Gasteiger charge is -2.38. The van der Waals surface area contributed by atoms with Crippen LogP contribution < -0.4 is 4.90 Å². The Hall–Kier alpha value is -2.33. The minimum atomic E-state index is 0.301. The molecule has 0 radical (unpaired) electrons. The Kier molecular flexibility index (Phi) is 6.50. The summed E-state index contributed by atoms with van der Waals surface area (Å²) in [6, 6.07) is 19.4. The molecule has 0 unspecified atom stereocenters. The smallest absolute Gasteiger partial charge is 0.236 e. The molecule has 0 atom stereocenters. The third-order valence-corrected chi connectivity index (χ3v) is 6.43. The molecule has 1 amide bonds. The highest BCUT2D eigenvalue weighted by atomic mass is 16.2. The van der Waals surface area contributed by atoms with E-state index in [1.807, 2.05) is 0 Å². The quantitative estimate of drug-likeness (QED) is 0.779. The van der Waals surface area contributed by atoms with Crippen molar-refractivity contribution in [3.05, 3.63) is 65.7 Å². The molecule has 4 heteroatoms. The van der Waals surface area contributed by atoms with Gasteiger partial charge in [-0.15, -0.1) is 0 Å². The van der Waals surface area contributed by atoms with E-state index < -0.39 is 0 Å². The Morgan fingerprint density at radius 2 is 1.62 bits per heavy atom. The van der Waals surface area contributed by atoms with Gasteiger partial charge in [0.2, 0.25) is 5.91 Å². The monoisotopic (exact) mass is 391 g/mol. The van der Waals surface area contributed by atoms with Crippen molar-refractivity contribution in [2.45, 2.75) is 26.2 Å². The predicted octanol–water partition coefficient (Wildman–Crippen LogP) is 3.60. The van der Waals surface area contributed by atoms with E-state index in [2.05, 4.69) is 76.2 Å². The summed E-state index contributed by atoms with van der Waals surface area (Å²) in [5.41, 5.74) is 4.00. The van der Waals surface area contributed by atoms with Crippen LogP contribution in [0.1, 0.15) is 24.0 Å². The van der Waals surface area contributed by atoms with Crippen molar-refractivity contribution in [3.63, 3.8) is 0 Å². The van der Waals surface area contributed by atoms with Crippen molar-refractivity contribution >= 4 is 11.6 Å². The second-order valence-corrected chi connectivity index (χ2v) is 8.62. The van der Waals surface area contributed by atoms with Gasteiger partial charge in [0.1, 0.15) is 0 Å². The van der Waals surface area contributed by atoms with E-state index in [9.17, 15) is 4.79 Å². The van der Waals surface area contributed by atoms with Gasteiger partial charge in [-0.3, -0.25) is 9.69 Å². The van der Waals surface area contributed by atoms with Gasteiger partial charge in [-0.1, -0.05) is 42.5 Å². The highest BCUT2D eigenvalue weighted by Gasteiger charge is 2.25. The van der Waals surface area contributed by atoms with Crippen molar-refractivity contribution < 1.29 is 4.79 Å². The van der Waals surface area contributed by atoms with Gasteiger partial charge in [0, 0.05) is 31.9 Å². The molecule has 2 aromatic rings. The van der Waals surface area contributed by atoms with Crippen LogP contribution in [0.25, 0.3) is 0 Å². The van der Waals surface area contributed by atoms with Gasteiger partial charge in [-0.05, 0) is 68.5 Å². The molecule has 0 bridgehead atoms. The van der Waals surface area contributed by atoms with Gasteiger partial charge >= 0.3 is 0 Å². The fraction of sp³-hybridized carbons (Fsp3) is 0.480. The van der Waals surface area contributed by atoms with Crippen LogP contribution in [0.2, 0.25) is 0 Å². The van der Waals surface area contributed by atoms with E-state index >= 15 is 0 Å². The van der Waals surface area contributed by atoms with Crippen LogP contribution in [0, 0.1) is 12.8 Å². The van der Waals surface area contributed by atoms with Gasteiger partial charge in [-0.2, -0.15) is 0 Å². The standard InChI is InChI=1S/C25H33N3O/c1-21-6-5-9-24(18-21)27-14-16-28(17-15-27)25(29)20-26-12-10-23(11-13-26)19-22-7-3-2-4-8-22/h2-9,18,23H,10-17,19-20H2,1H3. The van der Waals surface area contributed by atoms with Crippen molar-refractivity contribution in [2.75, 3.05) is 50.7 Å². The first-order valence-electron chi connectivity index (χ1n) is 11.0. The molecular weight excluding hydrogens is 358 g/mol. The van der Waals surface area contributed by atoms with Gasteiger partial charge in [0.15, 0.2) is 0 Å². The van der Waals surface area contributed by atoms with Crippen molar-refractivity contribution in [1.29, 1.82) is 0 Å². The number of anilines is 1. The molecular formula is C25H33N3O. The number of nitrogens with zero attached hydrogens (tertiary/aromatic N) is 3. The van der Waals surface area contributed by atoms with E-state index in [0.717, 1.165) is 45.2 Å². The lowest BCUT2D eigenvalue weighted by Crippen LogP contribution is -2.52. The maximum absolute atomic E-state index is 12.8. The second kappa shape index (κ2) is 9.45. The maximum atomic E-state index is 12.8. The molecule has 2 aliphatic rings. The molecule has 4 nitrogen and oxygen atoms in total. The van der Waals surface area contributed by atoms with E-state index in [4.69, 9.17) is 0 Å². The highest BCUT2D eigenvalue weighted by molar-refractivity contribution is 5.78. The summed E-state index contributed by atoms with van der Waals surface area (Å²) in [5, 5.41) is 0. The third-order valence-electron chi connectivity index (χ3n) is 6.43. The molecule has 4 rings (SSSR count). The number of piperazine rings is 1. The fourth-order valence-corrected chi connectivity index (χ4v) is 4.63. The first-order valence-corrected chi connectivity index (χ1v) is 11.0. The van der Waals surface area contributed by atoms with Crippen LogP contribution in [-0.4, -0.2) is 61.5 Å². The van der Waals surface area contributed by atoms with Crippen molar-refractivity contribution in [2.24, 2.45) is 5.92 Å². The molecule has 2 aromatic carbocycles. The molecule has 2 heterocycles. The average Bonchev–Trinajstić information content (AvgIpc) is 2.76. The minimum absolute atomic E-state index is 0.301. The number of rotatable bonds is 5. The Morgan fingerprint density at radius 1 is 0.897 bits per heavy atom. The molecule has 154 valence electrons. The second-order valence-electron chi connectivity index (χ2n) is 8.62. The van der Waals surface area contributed by atoms with Crippen molar-refractivity contribution in [3.8, 4) is 0 Å². The summed E-state index contributed by atoms with van der Waals surface area (Å²) in [7, 11) is 0. The fourth-order valence-electron chi connectivity index (χ4n) is 4.63. The molecule has 0 N–H and O–H groups in total. The van der Waals surface area contributed by atoms with Crippen LogP contribution in [-0.2, 0) is 11.2 Å². The molecule has 2 saturated heterocycles. The third kappa shape index (κ3) is 5.39. The zero-order chi connectivity index (χ0) is 20.1. The van der Waals surface area contributed by atoms with Crippen LogP contribution in [0.15, 0.2) is 54.6 Å². The van der Waals surface area contributed by atoms with Crippen molar-refractivity contribution in [1.82, 2.24) is 9.80 Å². The Bertz CT molecular complexity index is 791. The molecule has 0 aromatic heterocycles. The Morgan fingerprint density at radius 3 is 2.31 bits per heavy atom. The van der Waals surface area contributed by atoms with Gasteiger partial charge in [0.05, 0.1) is 6.54 Å². The zero-order valence-corrected chi connectivity index (χ0v) is 17.6. The van der Waals surface area contributed by atoms with E-state index in [0.29, 0.717) is 12.5 Å². The molecule has 2 aliphatic heterocycles. The Balaban J connectivity index is 1.20. The largest absolute Gasteiger partial charge is 0.368 e. The Labute approximate surface area is 175 Å². The number of likely N-dealkylation sites (tertiary alicyclic amines) is 1. The van der Waals surface area contributed by atoms with Gasteiger partial charge < -0.3 is 9.80 Å². The number of piperidine rings is 1. The van der Waals surface area contributed by atoms with Crippen LogP contribution in [0.4, 0.5) is 5.69 Å². The van der Waals surface area contributed by atoms with Crippen LogP contribution >= 0.6 is 0 Å². The summed E-state index contributed by atoms with van der Waals surface area (Å²) >= 11 is 0.